The summed E-state index contributed by atoms with van der Waals surface area (Å²) in [6.07, 6.45) is 3.53. The third-order valence-corrected chi connectivity index (χ3v) is 4.51. The highest BCUT2D eigenvalue weighted by atomic mass is 16.5. The van der Waals surface area contributed by atoms with Crippen molar-refractivity contribution in [2.45, 2.75) is 0 Å². The summed E-state index contributed by atoms with van der Waals surface area (Å²) in [4.78, 5) is 21.1. The highest BCUT2D eigenvalue weighted by molar-refractivity contribution is 6.04. The normalized spacial score (nSPS) is 10.3. The number of para-hydroxylation sites is 1. The van der Waals surface area contributed by atoms with E-state index in [9.17, 15) is 4.79 Å². The average Bonchev–Trinajstić information content (AvgIpc) is 2.81. The van der Waals surface area contributed by atoms with Crippen LogP contribution in [0.3, 0.4) is 0 Å². The van der Waals surface area contributed by atoms with Crippen LogP contribution in [0.2, 0.25) is 0 Å². The second kappa shape index (κ2) is 8.87. The molecule has 0 aliphatic rings. The molecular weight excluding hydrogens is 376 g/mol. The van der Waals surface area contributed by atoms with Crippen molar-refractivity contribution in [1.29, 1.82) is 0 Å². The van der Waals surface area contributed by atoms with Crippen LogP contribution in [-0.4, -0.2) is 23.0 Å². The molecule has 1 amide bonds. The second-order valence-corrected chi connectivity index (χ2v) is 6.55. The Morgan fingerprint density at radius 2 is 1.43 bits per heavy atom. The molecule has 148 valence electrons. The van der Waals surface area contributed by atoms with Crippen molar-refractivity contribution >= 4 is 23.2 Å². The molecule has 0 saturated carbocycles. The van der Waals surface area contributed by atoms with Gasteiger partial charge in [0.15, 0.2) is 0 Å². The Morgan fingerprint density at radius 1 is 0.767 bits per heavy atom. The minimum Gasteiger partial charge on any atom is -0.497 e. The first-order chi connectivity index (χ1) is 14.7. The number of nitrogens with zero attached hydrogens (tertiary/aromatic N) is 2. The number of nitrogens with one attached hydrogen (secondary N) is 2. The predicted molar refractivity (Wildman–Crippen MR) is 118 cm³/mol. The van der Waals surface area contributed by atoms with E-state index in [-0.39, 0.29) is 5.91 Å². The lowest BCUT2D eigenvalue weighted by atomic mass is 10.1. The average molecular weight is 396 g/mol. The smallest absolute Gasteiger partial charge is 0.255 e. The maximum Gasteiger partial charge on any atom is 0.255 e. The van der Waals surface area contributed by atoms with Gasteiger partial charge in [0.2, 0.25) is 5.95 Å². The molecule has 4 aromatic rings. The van der Waals surface area contributed by atoms with Crippen molar-refractivity contribution in [2.75, 3.05) is 17.7 Å². The van der Waals surface area contributed by atoms with Crippen molar-refractivity contribution < 1.29 is 9.53 Å². The molecular formula is C24H20N4O2. The maximum absolute atomic E-state index is 12.3. The Bertz CT molecular complexity index is 1110. The molecule has 6 heteroatoms. The van der Waals surface area contributed by atoms with Gasteiger partial charge in [0.1, 0.15) is 5.75 Å². The van der Waals surface area contributed by atoms with Gasteiger partial charge in [-0.3, -0.25) is 4.79 Å². The second-order valence-electron chi connectivity index (χ2n) is 6.55. The van der Waals surface area contributed by atoms with Crippen LogP contribution in [0.5, 0.6) is 5.75 Å². The zero-order chi connectivity index (χ0) is 20.8. The fourth-order valence-corrected chi connectivity index (χ4v) is 2.88. The van der Waals surface area contributed by atoms with E-state index in [1.165, 1.54) is 0 Å². The molecule has 3 aromatic carbocycles. The number of carbonyl (C=O) groups excluding carboxylic acids is 1. The molecule has 4 rings (SSSR count). The fraction of sp³-hybridized carbons (Fsp3) is 0.0417. The number of aromatic nitrogens is 2. The Morgan fingerprint density at radius 3 is 2.07 bits per heavy atom. The number of benzene rings is 3. The number of anilines is 3. The van der Waals surface area contributed by atoms with Crippen molar-refractivity contribution in [1.82, 2.24) is 9.97 Å². The van der Waals surface area contributed by atoms with Gasteiger partial charge in [-0.25, -0.2) is 9.97 Å². The van der Waals surface area contributed by atoms with Gasteiger partial charge >= 0.3 is 0 Å². The molecule has 1 aromatic heterocycles. The van der Waals surface area contributed by atoms with Crippen molar-refractivity contribution in [3.05, 3.63) is 96.8 Å². The molecule has 2 N–H and O–H groups in total. The largest absolute Gasteiger partial charge is 0.497 e. The third-order valence-electron chi connectivity index (χ3n) is 4.51. The van der Waals surface area contributed by atoms with Crippen LogP contribution in [0.25, 0.3) is 11.1 Å². The van der Waals surface area contributed by atoms with Gasteiger partial charge in [-0.1, -0.05) is 30.3 Å². The van der Waals surface area contributed by atoms with Crippen LogP contribution in [0, 0.1) is 0 Å². The van der Waals surface area contributed by atoms with Crippen molar-refractivity contribution in [3.63, 3.8) is 0 Å². The van der Waals surface area contributed by atoms with E-state index in [0.29, 0.717) is 11.5 Å². The number of rotatable bonds is 6. The Labute approximate surface area is 174 Å². The molecule has 0 fully saturated rings. The zero-order valence-electron chi connectivity index (χ0n) is 16.4. The van der Waals surface area contributed by atoms with Crippen LogP contribution in [0.15, 0.2) is 91.3 Å². The van der Waals surface area contributed by atoms with Crippen LogP contribution >= 0.6 is 0 Å². The summed E-state index contributed by atoms with van der Waals surface area (Å²) < 4.78 is 5.18. The standard InChI is InChI=1S/C24H20N4O2/c1-30-22-13-9-17(10-14-22)19-15-25-24(26-16-19)28-21-11-7-18(8-12-21)23(29)27-20-5-3-2-4-6-20/h2-16H,1H3,(H,27,29)(H,25,26,28). The lowest BCUT2D eigenvalue weighted by Gasteiger charge is -2.08. The topological polar surface area (TPSA) is 76.1 Å². The van der Waals surface area contributed by atoms with Gasteiger partial charge in [0, 0.05) is 34.9 Å². The summed E-state index contributed by atoms with van der Waals surface area (Å²) in [6.45, 7) is 0. The van der Waals surface area contributed by atoms with Gasteiger partial charge in [0.05, 0.1) is 7.11 Å². The van der Waals surface area contributed by atoms with Crippen LogP contribution in [0.4, 0.5) is 17.3 Å². The molecule has 0 aliphatic heterocycles. The number of amides is 1. The summed E-state index contributed by atoms with van der Waals surface area (Å²) >= 11 is 0. The first kappa shape index (κ1) is 19.1. The monoisotopic (exact) mass is 396 g/mol. The Kier molecular flexibility index (Phi) is 5.66. The first-order valence-corrected chi connectivity index (χ1v) is 9.41. The van der Waals surface area contributed by atoms with Gasteiger partial charge in [-0.05, 0) is 54.1 Å². The summed E-state index contributed by atoms with van der Waals surface area (Å²) in [5.41, 5.74) is 4.05. The van der Waals surface area contributed by atoms with E-state index in [0.717, 1.165) is 28.3 Å². The lowest BCUT2D eigenvalue weighted by Crippen LogP contribution is -2.11. The molecule has 1 heterocycles. The number of carbonyl (C=O) groups is 1. The number of hydrogen-bond acceptors (Lipinski definition) is 5. The van der Waals surface area contributed by atoms with Crippen LogP contribution in [-0.2, 0) is 0 Å². The molecule has 0 radical (unpaired) electrons. The van der Waals surface area contributed by atoms with Gasteiger partial charge < -0.3 is 15.4 Å². The predicted octanol–water partition coefficient (Wildman–Crippen LogP) is 5.15. The quantitative estimate of drug-likeness (QED) is 0.471. The molecule has 0 aliphatic carbocycles. The lowest BCUT2D eigenvalue weighted by molar-refractivity contribution is 0.102. The van der Waals surface area contributed by atoms with E-state index in [2.05, 4.69) is 20.6 Å². The van der Waals surface area contributed by atoms with Crippen LogP contribution < -0.4 is 15.4 Å². The van der Waals surface area contributed by atoms with Gasteiger partial charge in [-0.2, -0.15) is 0 Å². The Balaban J connectivity index is 1.40. The molecule has 0 spiro atoms. The zero-order valence-corrected chi connectivity index (χ0v) is 16.4. The summed E-state index contributed by atoms with van der Waals surface area (Å²) in [6, 6.07) is 24.2. The molecule has 30 heavy (non-hydrogen) atoms. The van der Waals surface area contributed by atoms with Gasteiger partial charge in [-0.15, -0.1) is 0 Å². The first-order valence-electron chi connectivity index (χ1n) is 9.41. The van der Waals surface area contributed by atoms with E-state index in [1.807, 2.05) is 66.7 Å². The van der Waals surface area contributed by atoms with Gasteiger partial charge in [0.25, 0.3) is 5.91 Å². The molecule has 0 bridgehead atoms. The van der Waals surface area contributed by atoms with Crippen molar-refractivity contribution in [2.24, 2.45) is 0 Å². The minimum atomic E-state index is -0.159. The molecule has 0 saturated heterocycles. The summed E-state index contributed by atoms with van der Waals surface area (Å²) in [7, 11) is 1.64. The summed E-state index contributed by atoms with van der Waals surface area (Å²) in [5.74, 6) is 1.13. The maximum atomic E-state index is 12.3. The molecule has 6 nitrogen and oxygen atoms in total. The number of methoxy groups -OCH3 is 1. The van der Waals surface area contributed by atoms with E-state index < -0.39 is 0 Å². The number of ether oxygens (including phenoxy) is 1. The van der Waals surface area contributed by atoms with Crippen LogP contribution in [0.1, 0.15) is 10.4 Å². The number of hydrogen-bond donors (Lipinski definition) is 2. The van der Waals surface area contributed by atoms with E-state index in [4.69, 9.17) is 4.74 Å². The highest BCUT2D eigenvalue weighted by Crippen LogP contribution is 2.22. The SMILES string of the molecule is COc1ccc(-c2cnc(Nc3ccc(C(=O)Nc4ccccc4)cc3)nc2)cc1. The third kappa shape index (κ3) is 4.62. The fourth-order valence-electron chi connectivity index (χ4n) is 2.88. The van der Waals surface area contributed by atoms with E-state index >= 15 is 0 Å². The minimum absolute atomic E-state index is 0.159. The summed E-state index contributed by atoms with van der Waals surface area (Å²) in [5, 5.41) is 6.01. The molecule has 0 unspecified atom stereocenters. The highest BCUT2D eigenvalue weighted by Gasteiger charge is 2.07. The Hall–Kier alpha value is -4.19. The molecule has 0 atom stereocenters. The van der Waals surface area contributed by atoms with E-state index in [1.54, 1.807) is 31.6 Å². The van der Waals surface area contributed by atoms with Crippen molar-refractivity contribution in [3.8, 4) is 16.9 Å².